The van der Waals surface area contributed by atoms with Gasteiger partial charge in [-0.25, -0.2) is 0 Å². The van der Waals surface area contributed by atoms with E-state index >= 15 is 0 Å². The predicted octanol–water partition coefficient (Wildman–Crippen LogP) is 6.63. The highest BCUT2D eigenvalue weighted by molar-refractivity contribution is 7.23. The highest BCUT2D eigenvalue weighted by Crippen LogP contribution is 2.45. The van der Waals surface area contributed by atoms with Crippen molar-refractivity contribution in [2.24, 2.45) is 0 Å². The molecule has 4 aromatic rings. The largest absolute Gasteiger partial charge is 0.489 e. The van der Waals surface area contributed by atoms with Crippen LogP contribution in [0.4, 0.5) is 5.69 Å². The van der Waals surface area contributed by atoms with E-state index in [2.05, 4.69) is 4.98 Å². The van der Waals surface area contributed by atoms with Crippen LogP contribution in [0.3, 0.4) is 0 Å². The lowest BCUT2D eigenvalue weighted by Crippen LogP contribution is -1.94. The Morgan fingerprint density at radius 2 is 1.60 bits per heavy atom. The average Bonchev–Trinajstić information content (AvgIpc) is 3.05. The maximum atomic E-state index is 9.49. The normalized spacial score (nSPS) is 10.5. The molecule has 0 aliphatic carbocycles. The van der Waals surface area contributed by atoms with E-state index in [0.717, 1.165) is 31.8 Å². The van der Waals surface area contributed by atoms with Crippen LogP contribution in [0.1, 0.15) is 5.56 Å². The van der Waals surface area contributed by atoms with Crippen LogP contribution in [0.5, 0.6) is 5.75 Å². The molecular weight excluding hydrogens is 328 g/mol. The van der Waals surface area contributed by atoms with E-state index in [1.807, 2.05) is 78.9 Å². The number of nitrogens with zero attached hydrogens (tertiary/aromatic N) is 2. The van der Waals surface area contributed by atoms with Gasteiger partial charge in [-0.15, -0.1) is 11.3 Å². The number of fused-ring (bicyclic) bond motifs is 1. The van der Waals surface area contributed by atoms with Crippen molar-refractivity contribution in [2.75, 3.05) is 0 Å². The molecule has 1 aromatic heterocycles. The van der Waals surface area contributed by atoms with Crippen molar-refractivity contribution in [3.8, 4) is 16.2 Å². The van der Waals surface area contributed by atoms with E-state index in [1.165, 1.54) is 0 Å². The number of hydrogen-bond acceptors (Lipinski definition) is 3. The summed E-state index contributed by atoms with van der Waals surface area (Å²) in [6, 6.07) is 25.9. The molecule has 0 radical (unpaired) electrons. The van der Waals surface area contributed by atoms with Gasteiger partial charge < -0.3 is 4.74 Å². The van der Waals surface area contributed by atoms with Gasteiger partial charge in [0.15, 0.2) is 4.98 Å². The molecule has 0 saturated carbocycles. The maximum Gasteiger partial charge on any atom is 0.411 e. The minimum atomic E-state index is 0.528. The van der Waals surface area contributed by atoms with Crippen LogP contribution in [0, 0.1) is 5.39 Å². The van der Waals surface area contributed by atoms with Gasteiger partial charge in [-0.05, 0) is 29.3 Å². The lowest BCUT2D eigenvalue weighted by Gasteiger charge is -2.05. The van der Waals surface area contributed by atoms with Gasteiger partial charge in [0, 0.05) is 4.70 Å². The summed E-state index contributed by atoms with van der Waals surface area (Å²) in [6.07, 6.45) is 0. The summed E-state index contributed by atoms with van der Waals surface area (Å²) in [5.41, 5.74) is 2.79. The van der Waals surface area contributed by atoms with Crippen molar-refractivity contribution in [3.63, 3.8) is 0 Å². The summed E-state index contributed by atoms with van der Waals surface area (Å²) in [4.78, 5) is 4.48. The van der Waals surface area contributed by atoms with Crippen molar-refractivity contribution in [3.05, 3.63) is 89.4 Å². The van der Waals surface area contributed by atoms with E-state index in [1.54, 1.807) is 11.3 Å². The second kappa shape index (κ2) is 6.76. The first-order valence-corrected chi connectivity index (χ1v) is 8.80. The van der Waals surface area contributed by atoms with Crippen LogP contribution in [0.2, 0.25) is 0 Å². The first-order valence-electron chi connectivity index (χ1n) is 7.99. The molecule has 4 rings (SSSR count). The summed E-state index contributed by atoms with van der Waals surface area (Å²) in [6.45, 7) is 0.528. The van der Waals surface area contributed by atoms with Gasteiger partial charge in [-0.2, -0.15) is 0 Å². The molecular formula is C21H15N2OS+. The molecule has 0 aliphatic rings. The minimum absolute atomic E-state index is 0.528. The Labute approximate surface area is 149 Å². The van der Waals surface area contributed by atoms with Gasteiger partial charge >= 0.3 is 5.69 Å². The number of diazo groups is 1. The molecule has 4 heteroatoms. The topological polar surface area (TPSA) is 37.4 Å². The van der Waals surface area contributed by atoms with Crippen molar-refractivity contribution in [2.45, 2.75) is 6.61 Å². The average molecular weight is 343 g/mol. The minimum Gasteiger partial charge on any atom is -0.489 e. The Hall–Kier alpha value is -3.16. The zero-order valence-electron chi connectivity index (χ0n) is 13.4. The molecule has 3 nitrogen and oxygen atoms in total. The molecule has 0 aliphatic heterocycles. The fraction of sp³-hybridized carbons (Fsp3) is 0.0476. The lowest BCUT2D eigenvalue weighted by molar-refractivity contribution is 0.306. The van der Waals surface area contributed by atoms with Crippen molar-refractivity contribution < 1.29 is 4.74 Å². The molecule has 0 amide bonds. The smallest absolute Gasteiger partial charge is 0.411 e. The van der Waals surface area contributed by atoms with Gasteiger partial charge in [0.05, 0.1) is 5.39 Å². The zero-order chi connectivity index (χ0) is 17.1. The lowest BCUT2D eigenvalue weighted by atomic mass is 10.1. The summed E-state index contributed by atoms with van der Waals surface area (Å²) >= 11 is 1.60. The summed E-state index contributed by atoms with van der Waals surface area (Å²) in [7, 11) is 0. The molecule has 25 heavy (non-hydrogen) atoms. The number of thiophene rings is 1. The number of hydrogen-bond donors (Lipinski definition) is 0. The van der Waals surface area contributed by atoms with E-state index in [4.69, 9.17) is 4.74 Å². The van der Waals surface area contributed by atoms with Crippen LogP contribution in [0.15, 0.2) is 78.9 Å². The quantitative estimate of drug-likeness (QED) is 0.390. The number of benzene rings is 3. The standard InChI is InChI=1S/C21H15N2OS/c22-23-20-18-12-11-17(24-14-15-7-3-1-4-8-15)13-19(18)25-21(20)16-9-5-2-6-10-16/h1-13H,14H2/q+1. The third kappa shape index (κ3) is 3.10. The fourth-order valence-corrected chi connectivity index (χ4v) is 3.95. The van der Waals surface area contributed by atoms with Crippen molar-refractivity contribution >= 4 is 27.1 Å². The highest BCUT2D eigenvalue weighted by Gasteiger charge is 2.24. The highest BCUT2D eigenvalue weighted by atomic mass is 32.1. The van der Waals surface area contributed by atoms with E-state index < -0.39 is 0 Å². The van der Waals surface area contributed by atoms with E-state index in [0.29, 0.717) is 12.3 Å². The van der Waals surface area contributed by atoms with Gasteiger partial charge in [-0.3, -0.25) is 0 Å². The second-order valence-corrected chi connectivity index (χ2v) is 6.73. The van der Waals surface area contributed by atoms with Crippen LogP contribution < -0.4 is 4.74 Å². The number of rotatable bonds is 4. The van der Waals surface area contributed by atoms with Crippen molar-refractivity contribution in [1.82, 2.24) is 0 Å². The van der Waals surface area contributed by atoms with E-state index in [9.17, 15) is 5.39 Å². The molecule has 3 aromatic carbocycles. The third-order valence-corrected chi connectivity index (χ3v) is 5.21. The van der Waals surface area contributed by atoms with Crippen LogP contribution in [-0.2, 0) is 6.61 Å². The zero-order valence-corrected chi connectivity index (χ0v) is 14.2. The maximum absolute atomic E-state index is 9.49. The first kappa shape index (κ1) is 15.4. The molecule has 1 heterocycles. The molecule has 0 saturated heterocycles. The van der Waals surface area contributed by atoms with Gasteiger partial charge in [0.1, 0.15) is 17.2 Å². The summed E-state index contributed by atoms with van der Waals surface area (Å²) < 4.78 is 6.94. The number of ether oxygens (including phenoxy) is 1. The molecule has 0 unspecified atom stereocenters. The SMILES string of the molecule is N#[N+]c1c(-c2ccccc2)sc2cc(OCc3ccccc3)ccc12. The predicted molar refractivity (Wildman–Crippen MR) is 103 cm³/mol. The summed E-state index contributed by atoms with van der Waals surface area (Å²) in [5, 5.41) is 10.4. The van der Waals surface area contributed by atoms with Gasteiger partial charge in [-0.1, -0.05) is 60.7 Å². The van der Waals surface area contributed by atoms with Crippen LogP contribution in [-0.4, -0.2) is 0 Å². The van der Waals surface area contributed by atoms with Crippen molar-refractivity contribution in [1.29, 1.82) is 5.39 Å². The second-order valence-electron chi connectivity index (χ2n) is 5.68. The Morgan fingerprint density at radius 3 is 2.32 bits per heavy atom. The van der Waals surface area contributed by atoms with Gasteiger partial charge in [0.25, 0.3) is 0 Å². The Bertz CT molecular complexity index is 1050. The molecule has 0 spiro atoms. The first-order chi connectivity index (χ1) is 12.3. The monoisotopic (exact) mass is 343 g/mol. The Kier molecular flexibility index (Phi) is 4.16. The summed E-state index contributed by atoms with van der Waals surface area (Å²) in [5.74, 6) is 0.807. The molecule has 0 bridgehead atoms. The van der Waals surface area contributed by atoms with Crippen LogP contribution >= 0.6 is 11.3 Å². The van der Waals surface area contributed by atoms with Gasteiger partial charge in [0.2, 0.25) is 5.39 Å². The Balaban J connectivity index is 1.68. The Morgan fingerprint density at radius 1 is 0.880 bits per heavy atom. The molecule has 0 fully saturated rings. The molecule has 0 atom stereocenters. The molecule has 120 valence electrons. The third-order valence-electron chi connectivity index (χ3n) is 4.02. The van der Waals surface area contributed by atoms with E-state index in [-0.39, 0.29) is 0 Å². The fourth-order valence-electron chi connectivity index (χ4n) is 2.78. The van der Waals surface area contributed by atoms with Crippen LogP contribution in [0.25, 0.3) is 25.5 Å². The molecule has 0 N–H and O–H groups in total.